The first-order chi connectivity index (χ1) is 10.0. The lowest BCUT2D eigenvalue weighted by molar-refractivity contribution is -0.385. The van der Waals surface area contributed by atoms with Crippen LogP contribution >= 0.6 is 11.6 Å². The Hall–Kier alpha value is -2.80. The average molecular weight is 308 g/mol. The van der Waals surface area contributed by atoms with Crippen LogP contribution in [0.4, 0.5) is 5.69 Å². The second-order valence-corrected chi connectivity index (χ2v) is 4.42. The summed E-state index contributed by atoms with van der Waals surface area (Å²) in [6, 6.07) is 10.3. The van der Waals surface area contributed by atoms with Gasteiger partial charge in [-0.3, -0.25) is 10.1 Å². The molecule has 0 atom stereocenters. The summed E-state index contributed by atoms with van der Waals surface area (Å²) in [7, 11) is 0. The number of oxime groups is 1. The molecule has 3 N–H and O–H groups in total. The van der Waals surface area contributed by atoms with E-state index in [1.165, 1.54) is 18.2 Å². The molecule has 0 saturated carbocycles. The third-order valence-corrected chi connectivity index (χ3v) is 2.84. The summed E-state index contributed by atoms with van der Waals surface area (Å²) in [5.41, 5.74) is 5.70. The minimum atomic E-state index is -0.577. The van der Waals surface area contributed by atoms with Crippen molar-refractivity contribution in [1.82, 2.24) is 0 Å². The molecule has 0 saturated heterocycles. The third kappa shape index (κ3) is 3.40. The molecule has 0 spiro atoms. The first-order valence-corrected chi connectivity index (χ1v) is 6.09. The molecule has 108 valence electrons. The fourth-order valence-electron chi connectivity index (χ4n) is 1.60. The van der Waals surface area contributed by atoms with Gasteiger partial charge >= 0.3 is 5.69 Å². The van der Waals surface area contributed by atoms with Crippen molar-refractivity contribution in [3.63, 3.8) is 0 Å². The second-order valence-electron chi connectivity index (χ2n) is 3.98. The van der Waals surface area contributed by atoms with Crippen LogP contribution in [-0.2, 0) is 0 Å². The van der Waals surface area contributed by atoms with E-state index in [1.54, 1.807) is 24.3 Å². The smallest absolute Gasteiger partial charge is 0.313 e. The van der Waals surface area contributed by atoms with Gasteiger partial charge in [0.25, 0.3) is 0 Å². The standard InChI is InChI=1S/C13H10ClN3O4/c14-9-3-6-12(11(7-9)17(19)20)21-10-4-1-8(2-5-10)13(15)16-18/h1-7,18H,(H2,15,16). The Morgan fingerprint density at radius 3 is 2.52 bits per heavy atom. The number of nitrogens with zero attached hydrogens (tertiary/aromatic N) is 2. The van der Waals surface area contributed by atoms with Crippen molar-refractivity contribution in [2.45, 2.75) is 0 Å². The van der Waals surface area contributed by atoms with E-state index in [-0.39, 0.29) is 22.3 Å². The van der Waals surface area contributed by atoms with Crippen molar-refractivity contribution in [1.29, 1.82) is 0 Å². The molecule has 0 bridgehead atoms. The number of nitro groups is 1. The number of ether oxygens (including phenoxy) is 1. The lowest BCUT2D eigenvalue weighted by Gasteiger charge is -2.07. The van der Waals surface area contributed by atoms with E-state index in [4.69, 9.17) is 27.3 Å². The van der Waals surface area contributed by atoms with Crippen molar-refractivity contribution in [2.24, 2.45) is 10.9 Å². The van der Waals surface area contributed by atoms with Gasteiger partial charge in [-0.1, -0.05) is 16.8 Å². The van der Waals surface area contributed by atoms with Crippen molar-refractivity contribution >= 4 is 23.1 Å². The average Bonchev–Trinajstić information content (AvgIpc) is 2.49. The summed E-state index contributed by atoms with van der Waals surface area (Å²) in [6.07, 6.45) is 0. The van der Waals surface area contributed by atoms with Gasteiger partial charge < -0.3 is 15.7 Å². The number of hydrogen-bond acceptors (Lipinski definition) is 5. The zero-order chi connectivity index (χ0) is 15.4. The van der Waals surface area contributed by atoms with E-state index >= 15 is 0 Å². The molecule has 0 amide bonds. The molecule has 0 radical (unpaired) electrons. The number of rotatable bonds is 4. The van der Waals surface area contributed by atoms with Crippen molar-refractivity contribution < 1.29 is 14.9 Å². The van der Waals surface area contributed by atoms with Crippen LogP contribution in [0.1, 0.15) is 5.56 Å². The molecule has 0 aliphatic carbocycles. The van der Waals surface area contributed by atoms with Gasteiger partial charge in [0.1, 0.15) is 5.75 Å². The number of halogens is 1. The highest BCUT2D eigenvalue weighted by Gasteiger charge is 2.16. The Bertz CT molecular complexity index is 701. The molecule has 8 heteroatoms. The van der Waals surface area contributed by atoms with E-state index < -0.39 is 4.92 Å². The Balaban J connectivity index is 2.28. The summed E-state index contributed by atoms with van der Waals surface area (Å²) < 4.78 is 5.45. The van der Waals surface area contributed by atoms with Crippen molar-refractivity contribution in [2.75, 3.05) is 0 Å². The molecule has 0 aromatic heterocycles. The third-order valence-electron chi connectivity index (χ3n) is 2.60. The summed E-state index contributed by atoms with van der Waals surface area (Å²) in [5.74, 6) is 0.398. The van der Waals surface area contributed by atoms with E-state index in [0.29, 0.717) is 11.3 Å². The first kappa shape index (κ1) is 14.6. The maximum atomic E-state index is 11.0. The highest BCUT2D eigenvalue weighted by atomic mass is 35.5. The summed E-state index contributed by atoms with van der Waals surface area (Å²) >= 11 is 5.72. The molecule has 2 aromatic carbocycles. The van der Waals surface area contributed by atoms with E-state index in [1.807, 2.05) is 0 Å². The molecular weight excluding hydrogens is 298 g/mol. The van der Waals surface area contributed by atoms with Crippen LogP contribution < -0.4 is 10.5 Å². The van der Waals surface area contributed by atoms with Gasteiger partial charge in [-0.25, -0.2) is 0 Å². The molecule has 0 heterocycles. The van der Waals surface area contributed by atoms with Crippen LogP contribution in [0.5, 0.6) is 11.5 Å². The maximum absolute atomic E-state index is 11.0. The van der Waals surface area contributed by atoms with E-state index in [9.17, 15) is 10.1 Å². The van der Waals surface area contributed by atoms with Crippen LogP contribution in [0.2, 0.25) is 5.02 Å². The predicted octanol–water partition coefficient (Wildman–Crippen LogP) is 3.14. The molecule has 0 fully saturated rings. The van der Waals surface area contributed by atoms with Gasteiger partial charge in [0, 0.05) is 16.7 Å². The Morgan fingerprint density at radius 1 is 1.29 bits per heavy atom. The zero-order valence-corrected chi connectivity index (χ0v) is 11.3. The van der Waals surface area contributed by atoms with Crippen LogP contribution in [0.25, 0.3) is 0 Å². The highest BCUT2D eigenvalue weighted by molar-refractivity contribution is 6.30. The van der Waals surface area contributed by atoms with Crippen molar-refractivity contribution in [3.8, 4) is 11.5 Å². The predicted molar refractivity (Wildman–Crippen MR) is 77.1 cm³/mol. The lowest BCUT2D eigenvalue weighted by Crippen LogP contribution is -2.12. The summed E-state index contributed by atoms with van der Waals surface area (Å²) in [5, 5.41) is 22.6. The Kier molecular flexibility index (Phi) is 4.24. The largest absolute Gasteiger partial charge is 0.450 e. The quantitative estimate of drug-likeness (QED) is 0.296. The Morgan fingerprint density at radius 2 is 1.95 bits per heavy atom. The van der Waals surface area contributed by atoms with Crippen LogP contribution in [0.3, 0.4) is 0 Å². The molecule has 21 heavy (non-hydrogen) atoms. The maximum Gasteiger partial charge on any atom is 0.313 e. The van der Waals surface area contributed by atoms with Gasteiger partial charge in [0.15, 0.2) is 5.84 Å². The number of hydrogen-bond donors (Lipinski definition) is 2. The number of amidine groups is 1. The normalized spacial score (nSPS) is 11.2. The van der Waals surface area contributed by atoms with E-state index in [0.717, 1.165) is 0 Å². The summed E-state index contributed by atoms with van der Waals surface area (Å²) in [4.78, 5) is 10.4. The minimum Gasteiger partial charge on any atom is -0.450 e. The lowest BCUT2D eigenvalue weighted by atomic mass is 10.2. The fraction of sp³-hybridized carbons (Fsp3) is 0. The topological polar surface area (TPSA) is 111 Å². The monoisotopic (exact) mass is 307 g/mol. The van der Waals surface area contributed by atoms with Gasteiger partial charge in [-0.15, -0.1) is 0 Å². The molecule has 0 unspecified atom stereocenters. The van der Waals surface area contributed by atoms with Crippen LogP contribution in [-0.4, -0.2) is 16.0 Å². The van der Waals surface area contributed by atoms with Crippen molar-refractivity contribution in [3.05, 3.63) is 63.2 Å². The molecule has 2 aromatic rings. The second kappa shape index (κ2) is 6.10. The van der Waals surface area contributed by atoms with Crippen LogP contribution in [0.15, 0.2) is 47.6 Å². The fourth-order valence-corrected chi connectivity index (χ4v) is 1.76. The number of benzene rings is 2. The number of nitrogens with two attached hydrogens (primary N) is 1. The van der Waals surface area contributed by atoms with Gasteiger partial charge in [-0.05, 0) is 36.4 Å². The number of nitro benzene ring substituents is 1. The Labute approximate surface area is 124 Å². The first-order valence-electron chi connectivity index (χ1n) is 5.71. The minimum absolute atomic E-state index is 0.0426. The van der Waals surface area contributed by atoms with E-state index in [2.05, 4.69) is 5.16 Å². The summed E-state index contributed by atoms with van der Waals surface area (Å²) in [6.45, 7) is 0. The molecule has 0 aliphatic heterocycles. The SMILES string of the molecule is N/C(=N\O)c1ccc(Oc2ccc(Cl)cc2[N+](=O)[O-])cc1. The highest BCUT2D eigenvalue weighted by Crippen LogP contribution is 2.33. The molecule has 0 aliphatic rings. The van der Waals surface area contributed by atoms with Gasteiger partial charge in [0.2, 0.25) is 5.75 Å². The molecular formula is C13H10ClN3O4. The molecule has 2 rings (SSSR count). The van der Waals surface area contributed by atoms with Crippen LogP contribution in [0, 0.1) is 10.1 Å². The van der Waals surface area contributed by atoms with Gasteiger partial charge in [-0.2, -0.15) is 0 Å². The van der Waals surface area contributed by atoms with Gasteiger partial charge in [0.05, 0.1) is 4.92 Å². The molecule has 7 nitrogen and oxygen atoms in total. The zero-order valence-electron chi connectivity index (χ0n) is 10.6.